The standard InChI is InChI=1S/C20H20N6O4/c1-2-15(20(28)29)26-10-13(9-24-26)12-3-5-14(6-4-12)25-7-8-30-18-16(19(25)27)17(21)22-11-23-18/h3-6,9-11,15H,2,7-8H2,1H3,(H,28,29)(H2,21,22,23). The maximum Gasteiger partial charge on any atom is 0.328 e. The molecule has 0 aliphatic carbocycles. The molecule has 0 radical (unpaired) electrons. The van der Waals surface area contributed by atoms with Crippen molar-refractivity contribution in [3.8, 4) is 17.0 Å². The van der Waals surface area contributed by atoms with Gasteiger partial charge in [-0.2, -0.15) is 5.10 Å². The van der Waals surface area contributed by atoms with Gasteiger partial charge in [-0.15, -0.1) is 0 Å². The molecule has 0 bridgehead atoms. The number of nitrogens with two attached hydrogens (primary N) is 1. The molecule has 2 aromatic heterocycles. The summed E-state index contributed by atoms with van der Waals surface area (Å²) in [6.45, 7) is 2.41. The van der Waals surface area contributed by atoms with E-state index < -0.39 is 12.0 Å². The summed E-state index contributed by atoms with van der Waals surface area (Å²) >= 11 is 0. The van der Waals surface area contributed by atoms with Crippen molar-refractivity contribution in [3.63, 3.8) is 0 Å². The SMILES string of the molecule is CCC(C(=O)O)n1cc(-c2ccc(N3CCOc4ncnc(N)c4C3=O)cc2)cn1. The van der Waals surface area contributed by atoms with Gasteiger partial charge in [0.25, 0.3) is 5.91 Å². The highest BCUT2D eigenvalue weighted by Gasteiger charge is 2.28. The van der Waals surface area contributed by atoms with Gasteiger partial charge in [-0.3, -0.25) is 9.48 Å². The van der Waals surface area contributed by atoms with Crippen molar-refractivity contribution in [2.75, 3.05) is 23.8 Å². The summed E-state index contributed by atoms with van der Waals surface area (Å²) in [6.07, 6.45) is 5.03. The molecule has 1 amide bonds. The number of amides is 1. The molecule has 30 heavy (non-hydrogen) atoms. The van der Waals surface area contributed by atoms with Crippen LogP contribution >= 0.6 is 0 Å². The molecule has 4 rings (SSSR count). The maximum absolute atomic E-state index is 13.0. The molecule has 3 heterocycles. The van der Waals surface area contributed by atoms with Crippen molar-refractivity contribution >= 4 is 23.4 Å². The zero-order valence-corrected chi connectivity index (χ0v) is 16.2. The van der Waals surface area contributed by atoms with Crippen molar-refractivity contribution in [1.82, 2.24) is 19.7 Å². The molecule has 1 atom stereocenters. The van der Waals surface area contributed by atoms with E-state index in [9.17, 15) is 14.7 Å². The van der Waals surface area contributed by atoms with Crippen molar-refractivity contribution in [2.24, 2.45) is 0 Å². The summed E-state index contributed by atoms with van der Waals surface area (Å²) in [5, 5.41) is 13.5. The van der Waals surface area contributed by atoms with E-state index in [0.717, 1.165) is 11.1 Å². The second kappa shape index (κ2) is 7.82. The van der Waals surface area contributed by atoms with E-state index in [-0.39, 0.29) is 29.8 Å². The highest BCUT2D eigenvalue weighted by molar-refractivity contribution is 6.10. The molecule has 1 aliphatic heterocycles. The number of nitrogen functional groups attached to an aromatic ring is 1. The lowest BCUT2D eigenvalue weighted by atomic mass is 10.1. The molecule has 1 unspecified atom stereocenters. The zero-order valence-electron chi connectivity index (χ0n) is 16.2. The molecule has 0 spiro atoms. The maximum atomic E-state index is 13.0. The summed E-state index contributed by atoms with van der Waals surface area (Å²) in [6, 6.07) is 6.61. The summed E-state index contributed by atoms with van der Waals surface area (Å²) in [5.41, 5.74) is 8.34. The van der Waals surface area contributed by atoms with Crippen LogP contribution in [0.2, 0.25) is 0 Å². The fourth-order valence-corrected chi connectivity index (χ4v) is 3.38. The Morgan fingerprint density at radius 1 is 1.27 bits per heavy atom. The molecule has 0 saturated carbocycles. The van der Waals surface area contributed by atoms with Gasteiger partial charge in [0.15, 0.2) is 0 Å². The number of carbonyl (C=O) groups excluding carboxylic acids is 1. The van der Waals surface area contributed by atoms with Gasteiger partial charge in [-0.1, -0.05) is 19.1 Å². The van der Waals surface area contributed by atoms with E-state index in [1.54, 1.807) is 24.2 Å². The monoisotopic (exact) mass is 408 g/mol. The molecule has 10 heteroatoms. The van der Waals surface area contributed by atoms with E-state index in [2.05, 4.69) is 15.1 Å². The topological polar surface area (TPSA) is 136 Å². The fourth-order valence-electron chi connectivity index (χ4n) is 3.38. The molecular formula is C20H20N6O4. The Hall–Kier alpha value is -3.95. The number of aromatic nitrogens is 4. The highest BCUT2D eigenvalue weighted by atomic mass is 16.5. The van der Waals surface area contributed by atoms with E-state index >= 15 is 0 Å². The first-order valence-electron chi connectivity index (χ1n) is 9.42. The number of hydrogen-bond donors (Lipinski definition) is 2. The second-order valence-corrected chi connectivity index (χ2v) is 6.76. The summed E-state index contributed by atoms with van der Waals surface area (Å²) in [7, 11) is 0. The van der Waals surface area contributed by atoms with Crippen LogP contribution in [-0.2, 0) is 4.79 Å². The van der Waals surface area contributed by atoms with Crippen molar-refractivity contribution in [2.45, 2.75) is 19.4 Å². The first-order chi connectivity index (χ1) is 14.5. The van der Waals surface area contributed by atoms with Crippen LogP contribution in [0.4, 0.5) is 11.5 Å². The third-order valence-corrected chi connectivity index (χ3v) is 4.96. The zero-order chi connectivity index (χ0) is 21.3. The third-order valence-electron chi connectivity index (χ3n) is 4.96. The van der Waals surface area contributed by atoms with Gasteiger partial charge in [-0.05, 0) is 24.1 Å². The number of carbonyl (C=O) groups is 2. The van der Waals surface area contributed by atoms with Crippen LogP contribution in [0.15, 0.2) is 43.0 Å². The van der Waals surface area contributed by atoms with E-state index in [4.69, 9.17) is 10.5 Å². The first-order valence-corrected chi connectivity index (χ1v) is 9.42. The smallest absolute Gasteiger partial charge is 0.328 e. The number of rotatable bonds is 5. The number of anilines is 2. The molecule has 3 aromatic rings. The van der Waals surface area contributed by atoms with Gasteiger partial charge in [0.2, 0.25) is 5.88 Å². The number of carboxylic acid groups (broad SMARTS) is 1. The van der Waals surface area contributed by atoms with Gasteiger partial charge in [-0.25, -0.2) is 14.8 Å². The van der Waals surface area contributed by atoms with Crippen molar-refractivity contribution in [1.29, 1.82) is 0 Å². The van der Waals surface area contributed by atoms with E-state index in [0.29, 0.717) is 18.7 Å². The number of hydrogen-bond acceptors (Lipinski definition) is 7. The predicted octanol–water partition coefficient (Wildman–Crippen LogP) is 2.00. The second-order valence-electron chi connectivity index (χ2n) is 6.76. The molecular weight excluding hydrogens is 388 g/mol. The normalized spacial score (nSPS) is 14.6. The summed E-state index contributed by atoms with van der Waals surface area (Å²) in [5.74, 6) is -0.992. The van der Waals surface area contributed by atoms with Crippen molar-refractivity contribution in [3.05, 3.63) is 48.5 Å². The van der Waals surface area contributed by atoms with Crippen LogP contribution in [0.1, 0.15) is 29.7 Å². The molecule has 3 N–H and O–H groups in total. The van der Waals surface area contributed by atoms with Crippen LogP contribution in [0.3, 0.4) is 0 Å². The largest absolute Gasteiger partial charge is 0.480 e. The average molecular weight is 408 g/mol. The average Bonchev–Trinajstić information content (AvgIpc) is 3.14. The van der Waals surface area contributed by atoms with Crippen LogP contribution in [0.25, 0.3) is 11.1 Å². The minimum atomic E-state index is -0.923. The Labute approximate surface area is 171 Å². The third kappa shape index (κ3) is 3.43. The lowest BCUT2D eigenvalue weighted by molar-refractivity contribution is -0.141. The predicted molar refractivity (Wildman–Crippen MR) is 108 cm³/mol. The number of carboxylic acids is 1. The Morgan fingerprint density at radius 3 is 2.73 bits per heavy atom. The van der Waals surface area contributed by atoms with Gasteiger partial charge in [0.05, 0.1) is 12.7 Å². The molecule has 0 saturated heterocycles. The Bertz CT molecular complexity index is 1090. The fraction of sp³-hybridized carbons (Fsp3) is 0.250. The quantitative estimate of drug-likeness (QED) is 0.654. The number of aliphatic carboxylic acids is 1. The van der Waals surface area contributed by atoms with Crippen LogP contribution in [-0.4, -0.2) is 49.9 Å². The number of ether oxygens (including phenoxy) is 1. The molecule has 1 aromatic carbocycles. The summed E-state index contributed by atoms with van der Waals surface area (Å²) < 4.78 is 6.99. The van der Waals surface area contributed by atoms with Crippen LogP contribution < -0.4 is 15.4 Å². The van der Waals surface area contributed by atoms with Crippen LogP contribution in [0, 0.1) is 0 Å². The lowest BCUT2D eigenvalue weighted by Crippen LogP contribution is -2.32. The van der Waals surface area contributed by atoms with Gasteiger partial charge in [0, 0.05) is 17.4 Å². The Balaban J connectivity index is 1.60. The Kier molecular flexibility index (Phi) is 5.05. The summed E-state index contributed by atoms with van der Waals surface area (Å²) in [4.78, 5) is 33.8. The van der Waals surface area contributed by atoms with Gasteiger partial charge in [0.1, 0.15) is 30.4 Å². The van der Waals surface area contributed by atoms with Gasteiger partial charge < -0.3 is 20.5 Å². The Morgan fingerprint density at radius 2 is 2.03 bits per heavy atom. The first kappa shape index (κ1) is 19.4. The minimum absolute atomic E-state index is 0.0739. The number of benzene rings is 1. The molecule has 1 aliphatic rings. The van der Waals surface area contributed by atoms with E-state index in [1.807, 2.05) is 24.3 Å². The van der Waals surface area contributed by atoms with E-state index in [1.165, 1.54) is 11.0 Å². The minimum Gasteiger partial charge on any atom is -0.480 e. The molecule has 154 valence electrons. The number of fused-ring (bicyclic) bond motifs is 1. The van der Waals surface area contributed by atoms with Gasteiger partial charge >= 0.3 is 5.97 Å². The molecule has 0 fully saturated rings. The van der Waals surface area contributed by atoms with Crippen molar-refractivity contribution < 1.29 is 19.4 Å². The van der Waals surface area contributed by atoms with Crippen LogP contribution in [0.5, 0.6) is 5.88 Å². The lowest BCUT2D eigenvalue weighted by Gasteiger charge is -2.20. The highest BCUT2D eigenvalue weighted by Crippen LogP contribution is 2.29. The number of nitrogens with zero attached hydrogens (tertiary/aromatic N) is 5. The molecule has 10 nitrogen and oxygen atoms in total.